The van der Waals surface area contributed by atoms with Crippen LogP contribution in [0.15, 0.2) is 36.5 Å². The lowest BCUT2D eigenvalue weighted by molar-refractivity contribution is 0.105. The predicted molar refractivity (Wildman–Crippen MR) is 89.8 cm³/mol. The molecule has 1 aromatic carbocycles. The summed E-state index contributed by atoms with van der Waals surface area (Å²) in [5, 5.41) is 21.0. The summed E-state index contributed by atoms with van der Waals surface area (Å²) in [6, 6.07) is 9.83. The minimum Gasteiger partial charge on any atom is -0.491 e. The molecule has 1 aromatic heterocycles. The molecule has 0 aliphatic carbocycles. The number of aromatic nitrogens is 2. The van der Waals surface area contributed by atoms with Crippen LogP contribution >= 0.6 is 0 Å². The molecule has 0 radical (unpaired) electrons. The van der Waals surface area contributed by atoms with E-state index in [4.69, 9.17) is 4.74 Å². The number of aliphatic hydroxyl groups excluding tert-OH is 1. The number of anilines is 1. The second-order valence-corrected chi connectivity index (χ2v) is 6.09. The number of fused-ring (bicyclic) bond motifs is 1. The van der Waals surface area contributed by atoms with Crippen LogP contribution in [-0.4, -0.2) is 47.2 Å². The van der Waals surface area contributed by atoms with Crippen LogP contribution in [0.25, 0.3) is 0 Å². The molecule has 0 unspecified atom stereocenters. The van der Waals surface area contributed by atoms with Crippen LogP contribution in [0.3, 0.4) is 0 Å². The van der Waals surface area contributed by atoms with Crippen LogP contribution in [0.4, 0.5) is 5.82 Å². The number of aliphatic hydroxyl groups is 1. The van der Waals surface area contributed by atoms with Gasteiger partial charge in [0.15, 0.2) is 0 Å². The minimum absolute atomic E-state index is 0.294. The van der Waals surface area contributed by atoms with Crippen molar-refractivity contribution in [2.24, 2.45) is 5.92 Å². The SMILES string of the molecule is Cc1cccc(OC[C@@H](O)CNC[C@@H]2CNc3ccnn3C2)c1. The van der Waals surface area contributed by atoms with Gasteiger partial charge >= 0.3 is 0 Å². The van der Waals surface area contributed by atoms with E-state index in [0.29, 0.717) is 19.1 Å². The fourth-order valence-electron chi connectivity index (χ4n) is 2.73. The third kappa shape index (κ3) is 4.46. The zero-order valence-corrected chi connectivity index (χ0v) is 13.4. The summed E-state index contributed by atoms with van der Waals surface area (Å²) in [6.45, 7) is 5.51. The van der Waals surface area contributed by atoms with Crippen LogP contribution in [0.5, 0.6) is 5.75 Å². The molecule has 2 aromatic rings. The zero-order valence-electron chi connectivity index (χ0n) is 13.4. The molecule has 0 saturated carbocycles. The van der Waals surface area contributed by atoms with Crippen molar-refractivity contribution < 1.29 is 9.84 Å². The highest BCUT2D eigenvalue weighted by molar-refractivity contribution is 5.35. The van der Waals surface area contributed by atoms with Gasteiger partial charge in [-0.05, 0) is 24.6 Å². The molecule has 2 heterocycles. The van der Waals surface area contributed by atoms with Gasteiger partial charge in [-0.2, -0.15) is 5.10 Å². The van der Waals surface area contributed by atoms with Crippen LogP contribution < -0.4 is 15.4 Å². The first-order valence-electron chi connectivity index (χ1n) is 8.04. The molecule has 0 saturated heterocycles. The Kier molecular flexibility index (Phi) is 5.15. The smallest absolute Gasteiger partial charge is 0.124 e. The van der Waals surface area contributed by atoms with E-state index < -0.39 is 6.10 Å². The van der Waals surface area contributed by atoms with Gasteiger partial charge in [0.25, 0.3) is 0 Å². The largest absolute Gasteiger partial charge is 0.491 e. The fraction of sp³-hybridized carbons (Fsp3) is 0.471. The van der Waals surface area contributed by atoms with E-state index in [1.807, 2.05) is 48.1 Å². The van der Waals surface area contributed by atoms with Crippen molar-refractivity contribution in [3.8, 4) is 5.75 Å². The van der Waals surface area contributed by atoms with Gasteiger partial charge in [-0.15, -0.1) is 0 Å². The van der Waals surface area contributed by atoms with Gasteiger partial charge in [-0.25, -0.2) is 4.68 Å². The first kappa shape index (κ1) is 15.8. The zero-order chi connectivity index (χ0) is 16.1. The van der Waals surface area contributed by atoms with E-state index in [2.05, 4.69) is 15.7 Å². The van der Waals surface area contributed by atoms with Crippen LogP contribution in [0, 0.1) is 12.8 Å². The standard InChI is InChI=1S/C17H24N4O2/c1-13-3-2-4-16(7-13)23-12-15(22)10-18-8-14-9-19-17-5-6-20-21(17)11-14/h2-7,14-15,18-19,22H,8-12H2,1H3/t14-,15+/m1/s1. The maximum absolute atomic E-state index is 10.0. The topological polar surface area (TPSA) is 71.3 Å². The molecule has 0 fully saturated rings. The number of rotatable bonds is 7. The van der Waals surface area contributed by atoms with Crippen molar-refractivity contribution in [3.05, 3.63) is 42.1 Å². The normalized spacial score (nSPS) is 18.1. The molecular formula is C17H24N4O2. The van der Waals surface area contributed by atoms with Crippen molar-refractivity contribution in [2.75, 3.05) is 31.6 Å². The molecule has 0 bridgehead atoms. The number of benzene rings is 1. The number of ether oxygens (including phenoxy) is 1. The van der Waals surface area contributed by atoms with Crippen molar-refractivity contribution >= 4 is 5.82 Å². The molecule has 23 heavy (non-hydrogen) atoms. The second kappa shape index (κ2) is 7.48. The molecular weight excluding hydrogens is 292 g/mol. The monoisotopic (exact) mass is 316 g/mol. The Morgan fingerprint density at radius 2 is 2.39 bits per heavy atom. The van der Waals surface area contributed by atoms with Crippen molar-refractivity contribution in [1.29, 1.82) is 0 Å². The van der Waals surface area contributed by atoms with Crippen molar-refractivity contribution in [1.82, 2.24) is 15.1 Å². The first-order valence-corrected chi connectivity index (χ1v) is 8.04. The predicted octanol–water partition coefficient (Wildman–Crippen LogP) is 1.26. The highest BCUT2D eigenvalue weighted by Gasteiger charge is 2.18. The fourth-order valence-corrected chi connectivity index (χ4v) is 2.73. The molecule has 3 rings (SSSR count). The van der Waals surface area contributed by atoms with Crippen molar-refractivity contribution in [2.45, 2.75) is 19.6 Å². The van der Waals surface area contributed by atoms with E-state index in [1.54, 1.807) is 0 Å². The molecule has 124 valence electrons. The highest BCUT2D eigenvalue weighted by atomic mass is 16.5. The number of hydrogen-bond acceptors (Lipinski definition) is 5. The Hall–Kier alpha value is -2.05. The Morgan fingerprint density at radius 1 is 1.48 bits per heavy atom. The summed E-state index contributed by atoms with van der Waals surface area (Å²) < 4.78 is 7.59. The van der Waals surface area contributed by atoms with Gasteiger partial charge in [0.05, 0.1) is 6.20 Å². The second-order valence-electron chi connectivity index (χ2n) is 6.09. The van der Waals surface area contributed by atoms with E-state index in [-0.39, 0.29) is 0 Å². The average molecular weight is 316 g/mol. The van der Waals surface area contributed by atoms with E-state index in [9.17, 15) is 5.11 Å². The maximum Gasteiger partial charge on any atom is 0.124 e. The third-order valence-corrected chi connectivity index (χ3v) is 3.96. The molecule has 3 N–H and O–H groups in total. The molecule has 6 heteroatoms. The minimum atomic E-state index is -0.521. The van der Waals surface area contributed by atoms with Gasteiger partial charge in [0.2, 0.25) is 0 Å². The quantitative estimate of drug-likeness (QED) is 0.717. The Labute approximate surface area is 136 Å². The van der Waals surface area contributed by atoms with Crippen LogP contribution in [0.1, 0.15) is 5.56 Å². The number of nitrogens with zero attached hydrogens (tertiary/aromatic N) is 2. The first-order chi connectivity index (χ1) is 11.2. The lowest BCUT2D eigenvalue weighted by Crippen LogP contribution is -2.39. The van der Waals surface area contributed by atoms with Gasteiger partial charge in [-0.1, -0.05) is 12.1 Å². The molecule has 6 nitrogen and oxygen atoms in total. The maximum atomic E-state index is 10.0. The Morgan fingerprint density at radius 3 is 3.26 bits per heavy atom. The molecule has 1 aliphatic heterocycles. The number of nitrogens with one attached hydrogen (secondary N) is 2. The lowest BCUT2D eigenvalue weighted by atomic mass is 10.1. The molecule has 0 spiro atoms. The summed E-state index contributed by atoms with van der Waals surface area (Å²) in [5.74, 6) is 2.34. The Balaban J connectivity index is 1.34. The van der Waals surface area contributed by atoms with Gasteiger partial charge in [0.1, 0.15) is 24.3 Å². The molecule has 1 aliphatic rings. The van der Waals surface area contributed by atoms with Crippen LogP contribution in [0.2, 0.25) is 0 Å². The third-order valence-electron chi connectivity index (χ3n) is 3.96. The van der Waals surface area contributed by atoms with Gasteiger partial charge < -0.3 is 20.5 Å². The van der Waals surface area contributed by atoms with Crippen LogP contribution in [-0.2, 0) is 6.54 Å². The van der Waals surface area contributed by atoms with E-state index in [1.165, 1.54) is 0 Å². The molecule has 2 atom stereocenters. The van der Waals surface area contributed by atoms with E-state index >= 15 is 0 Å². The van der Waals surface area contributed by atoms with Gasteiger partial charge in [-0.3, -0.25) is 0 Å². The summed E-state index contributed by atoms with van der Waals surface area (Å²) in [4.78, 5) is 0. The molecule has 0 amide bonds. The average Bonchev–Trinajstić information content (AvgIpc) is 3.01. The number of aryl methyl sites for hydroxylation is 1. The number of hydrogen-bond donors (Lipinski definition) is 3. The summed E-state index contributed by atoms with van der Waals surface area (Å²) in [7, 11) is 0. The van der Waals surface area contributed by atoms with Gasteiger partial charge in [0, 0.05) is 38.2 Å². The van der Waals surface area contributed by atoms with Crippen molar-refractivity contribution in [3.63, 3.8) is 0 Å². The summed E-state index contributed by atoms with van der Waals surface area (Å²) in [5.41, 5.74) is 1.15. The summed E-state index contributed by atoms with van der Waals surface area (Å²) in [6.07, 6.45) is 1.29. The lowest BCUT2D eigenvalue weighted by Gasteiger charge is -2.25. The van der Waals surface area contributed by atoms with E-state index in [0.717, 1.165) is 36.8 Å². The summed E-state index contributed by atoms with van der Waals surface area (Å²) >= 11 is 0. The Bertz CT molecular complexity index is 629. The highest BCUT2D eigenvalue weighted by Crippen LogP contribution is 2.15.